The maximum atomic E-state index is 12.2. The van der Waals surface area contributed by atoms with Gasteiger partial charge in [0.1, 0.15) is 5.75 Å². The molecule has 0 spiro atoms. The lowest BCUT2D eigenvalue weighted by Gasteiger charge is -2.10. The molecule has 0 aliphatic heterocycles. The zero-order valence-corrected chi connectivity index (χ0v) is 15.8. The highest BCUT2D eigenvalue weighted by Crippen LogP contribution is 2.28. The summed E-state index contributed by atoms with van der Waals surface area (Å²) in [5.74, 6) is 1.38. The maximum Gasteiger partial charge on any atom is 0.271 e. The van der Waals surface area contributed by atoms with Crippen molar-refractivity contribution < 1.29 is 19.0 Å². The number of halogens is 1. The summed E-state index contributed by atoms with van der Waals surface area (Å²) in [5.41, 5.74) is 3.64. The number of amides is 1. The van der Waals surface area contributed by atoms with Gasteiger partial charge in [-0.3, -0.25) is 4.79 Å². The molecule has 0 atom stereocenters. The quantitative estimate of drug-likeness (QED) is 0.562. The highest BCUT2D eigenvalue weighted by Gasteiger charge is 2.10. The van der Waals surface area contributed by atoms with Crippen molar-refractivity contribution in [3.8, 4) is 17.2 Å². The molecule has 1 amide bonds. The summed E-state index contributed by atoms with van der Waals surface area (Å²) in [4.78, 5) is 12.2. The van der Waals surface area contributed by atoms with E-state index in [0.717, 1.165) is 10.0 Å². The molecule has 0 saturated heterocycles. The van der Waals surface area contributed by atoms with Crippen molar-refractivity contribution in [2.45, 2.75) is 6.92 Å². The molecular formula is C18H19BrN2O4. The third kappa shape index (κ3) is 4.96. The lowest BCUT2D eigenvalue weighted by Crippen LogP contribution is -2.17. The largest absolute Gasteiger partial charge is 0.496 e. The highest BCUT2D eigenvalue weighted by molar-refractivity contribution is 9.10. The van der Waals surface area contributed by atoms with E-state index < -0.39 is 0 Å². The molecule has 0 bridgehead atoms. The van der Waals surface area contributed by atoms with E-state index in [1.165, 1.54) is 13.3 Å². The first-order valence-electron chi connectivity index (χ1n) is 7.56. The van der Waals surface area contributed by atoms with Crippen molar-refractivity contribution in [1.29, 1.82) is 0 Å². The van der Waals surface area contributed by atoms with E-state index in [1.807, 2.05) is 25.1 Å². The maximum absolute atomic E-state index is 12.2. The molecule has 0 fully saturated rings. The summed E-state index contributed by atoms with van der Waals surface area (Å²) in [6.45, 7) is 2.39. The Kier molecular flexibility index (Phi) is 6.82. The number of carbonyl (C=O) groups excluding carboxylic acids is 1. The van der Waals surface area contributed by atoms with Crippen LogP contribution in [0.5, 0.6) is 17.2 Å². The first-order chi connectivity index (χ1) is 12.1. The number of ether oxygens (including phenoxy) is 3. The summed E-state index contributed by atoms with van der Waals surface area (Å²) in [6, 6.07) is 10.5. The molecule has 0 saturated carbocycles. The molecule has 25 heavy (non-hydrogen) atoms. The number of benzene rings is 2. The lowest BCUT2D eigenvalue weighted by molar-refractivity contribution is 0.0954. The van der Waals surface area contributed by atoms with Crippen LogP contribution in [0.15, 0.2) is 46.0 Å². The Balaban J connectivity index is 2.11. The van der Waals surface area contributed by atoms with Crippen LogP contribution in [-0.4, -0.2) is 32.9 Å². The molecule has 0 aliphatic rings. The molecule has 2 rings (SSSR count). The minimum absolute atomic E-state index is 0.355. The van der Waals surface area contributed by atoms with Crippen LogP contribution in [0.3, 0.4) is 0 Å². The fourth-order valence-corrected chi connectivity index (χ4v) is 2.49. The molecule has 0 radical (unpaired) electrons. The van der Waals surface area contributed by atoms with Gasteiger partial charge >= 0.3 is 0 Å². The van der Waals surface area contributed by atoms with Crippen LogP contribution in [0.1, 0.15) is 22.8 Å². The average molecular weight is 407 g/mol. The standard InChI is InChI=1S/C18H19BrN2O4/c1-4-25-16-7-5-12(10-17(16)24-3)18(22)21-20-11-13-9-14(19)6-8-15(13)23-2/h5-11H,4H2,1-3H3,(H,21,22)/b20-11+. The van der Waals surface area contributed by atoms with Crippen molar-refractivity contribution in [3.05, 3.63) is 52.0 Å². The third-order valence-corrected chi connectivity index (χ3v) is 3.78. The fraction of sp³-hybridized carbons (Fsp3) is 0.222. The van der Waals surface area contributed by atoms with Crippen LogP contribution in [0.25, 0.3) is 0 Å². The van der Waals surface area contributed by atoms with E-state index in [0.29, 0.717) is 29.4 Å². The number of hydrogen-bond donors (Lipinski definition) is 1. The Labute approximate surface area is 154 Å². The van der Waals surface area contributed by atoms with Gasteiger partial charge < -0.3 is 14.2 Å². The molecule has 0 heterocycles. The van der Waals surface area contributed by atoms with Gasteiger partial charge in [0, 0.05) is 15.6 Å². The van der Waals surface area contributed by atoms with Gasteiger partial charge in [0.2, 0.25) is 0 Å². The third-order valence-electron chi connectivity index (χ3n) is 3.29. The predicted octanol–water partition coefficient (Wildman–Crippen LogP) is 3.63. The van der Waals surface area contributed by atoms with Crippen molar-refractivity contribution in [3.63, 3.8) is 0 Å². The Morgan fingerprint density at radius 3 is 2.52 bits per heavy atom. The number of hydrazone groups is 1. The van der Waals surface area contributed by atoms with Gasteiger partial charge in [-0.25, -0.2) is 5.43 Å². The second-order valence-electron chi connectivity index (χ2n) is 4.88. The second kappa shape index (κ2) is 9.08. The van der Waals surface area contributed by atoms with Crippen molar-refractivity contribution >= 4 is 28.1 Å². The minimum Gasteiger partial charge on any atom is -0.496 e. The first kappa shape index (κ1) is 18.8. The van der Waals surface area contributed by atoms with Gasteiger partial charge in [-0.1, -0.05) is 15.9 Å². The van der Waals surface area contributed by atoms with E-state index in [2.05, 4.69) is 26.5 Å². The normalized spacial score (nSPS) is 10.6. The highest BCUT2D eigenvalue weighted by atomic mass is 79.9. The van der Waals surface area contributed by atoms with Crippen molar-refractivity contribution in [1.82, 2.24) is 5.43 Å². The zero-order chi connectivity index (χ0) is 18.2. The van der Waals surface area contributed by atoms with Gasteiger partial charge in [0.15, 0.2) is 11.5 Å². The van der Waals surface area contributed by atoms with Crippen molar-refractivity contribution in [2.24, 2.45) is 5.10 Å². The van der Waals surface area contributed by atoms with E-state index in [9.17, 15) is 4.79 Å². The molecule has 0 aromatic heterocycles. The van der Waals surface area contributed by atoms with Crippen LogP contribution in [0.4, 0.5) is 0 Å². The summed E-state index contributed by atoms with van der Waals surface area (Å²) in [5, 5.41) is 3.98. The number of methoxy groups -OCH3 is 2. The summed E-state index contributed by atoms with van der Waals surface area (Å²) >= 11 is 3.39. The average Bonchev–Trinajstić information content (AvgIpc) is 2.62. The van der Waals surface area contributed by atoms with Gasteiger partial charge in [-0.05, 0) is 43.3 Å². The van der Waals surface area contributed by atoms with E-state index >= 15 is 0 Å². The van der Waals surface area contributed by atoms with Gasteiger partial charge in [0.05, 0.1) is 27.0 Å². The minimum atomic E-state index is -0.355. The topological polar surface area (TPSA) is 69.2 Å². The Morgan fingerprint density at radius 2 is 1.84 bits per heavy atom. The predicted molar refractivity (Wildman–Crippen MR) is 99.9 cm³/mol. The number of carbonyl (C=O) groups is 1. The first-order valence-corrected chi connectivity index (χ1v) is 8.36. The van der Waals surface area contributed by atoms with Crippen LogP contribution >= 0.6 is 15.9 Å². The monoisotopic (exact) mass is 406 g/mol. The van der Waals surface area contributed by atoms with Gasteiger partial charge in [0.25, 0.3) is 5.91 Å². The number of nitrogens with zero attached hydrogens (tertiary/aromatic N) is 1. The van der Waals surface area contributed by atoms with Crippen LogP contribution in [0.2, 0.25) is 0 Å². The van der Waals surface area contributed by atoms with E-state index in [1.54, 1.807) is 25.3 Å². The molecule has 1 N–H and O–H groups in total. The number of hydrogen-bond acceptors (Lipinski definition) is 5. The molecule has 0 aliphatic carbocycles. The lowest BCUT2D eigenvalue weighted by atomic mass is 10.2. The zero-order valence-electron chi connectivity index (χ0n) is 14.2. The van der Waals surface area contributed by atoms with Crippen LogP contribution in [0, 0.1) is 0 Å². The SMILES string of the molecule is CCOc1ccc(C(=O)N/N=C/c2cc(Br)ccc2OC)cc1OC. The molecule has 7 heteroatoms. The van der Waals surface area contributed by atoms with Gasteiger partial charge in [-0.15, -0.1) is 0 Å². The van der Waals surface area contributed by atoms with E-state index in [4.69, 9.17) is 14.2 Å². The number of nitrogens with one attached hydrogen (secondary N) is 1. The summed E-state index contributed by atoms with van der Waals surface area (Å²) < 4.78 is 16.8. The van der Waals surface area contributed by atoms with Gasteiger partial charge in [-0.2, -0.15) is 5.10 Å². The molecule has 6 nitrogen and oxygen atoms in total. The van der Waals surface area contributed by atoms with Crippen LogP contribution in [-0.2, 0) is 0 Å². The van der Waals surface area contributed by atoms with Crippen LogP contribution < -0.4 is 19.6 Å². The Bertz CT molecular complexity index is 778. The summed E-state index contributed by atoms with van der Waals surface area (Å²) in [7, 11) is 3.10. The molecule has 2 aromatic carbocycles. The summed E-state index contributed by atoms with van der Waals surface area (Å²) in [6.07, 6.45) is 1.52. The van der Waals surface area contributed by atoms with Crippen molar-refractivity contribution in [2.75, 3.05) is 20.8 Å². The Hall–Kier alpha value is -2.54. The molecule has 132 valence electrons. The molecular weight excluding hydrogens is 388 g/mol. The smallest absolute Gasteiger partial charge is 0.271 e. The fourth-order valence-electron chi connectivity index (χ4n) is 2.11. The number of rotatable bonds is 7. The Morgan fingerprint density at radius 1 is 1.12 bits per heavy atom. The second-order valence-corrected chi connectivity index (χ2v) is 5.80. The van der Waals surface area contributed by atoms with E-state index in [-0.39, 0.29) is 5.91 Å². The molecule has 0 unspecified atom stereocenters. The molecule has 2 aromatic rings.